The summed E-state index contributed by atoms with van der Waals surface area (Å²) < 4.78 is 0. The first-order chi connectivity index (χ1) is 7.91. The van der Waals surface area contributed by atoms with Crippen LogP contribution in [0.5, 0.6) is 0 Å². The lowest BCUT2D eigenvalue weighted by Crippen LogP contribution is -2.53. The van der Waals surface area contributed by atoms with Gasteiger partial charge in [-0.2, -0.15) is 5.26 Å². The maximum atomic E-state index is 11.2. The molecule has 0 amide bonds. The van der Waals surface area contributed by atoms with Crippen LogP contribution in [0.3, 0.4) is 0 Å². The normalized spacial score (nSPS) is 44.8. The number of nitrogens with zero attached hydrogens (tertiary/aromatic N) is 1. The lowest BCUT2D eigenvalue weighted by atomic mass is 9.60. The van der Waals surface area contributed by atoms with Gasteiger partial charge in [-0.25, -0.2) is 0 Å². The Morgan fingerprint density at radius 3 is 2.41 bits per heavy atom. The third-order valence-electron chi connectivity index (χ3n) is 5.66. The molecule has 0 aromatic heterocycles. The van der Waals surface area contributed by atoms with Gasteiger partial charge in [0.1, 0.15) is 0 Å². The van der Waals surface area contributed by atoms with Crippen molar-refractivity contribution >= 4 is 0 Å². The first-order valence-corrected chi connectivity index (χ1v) is 7.04. The largest absolute Gasteiger partial charge is 0.388 e. The summed E-state index contributed by atoms with van der Waals surface area (Å²) in [5.74, 6) is 0.634. The van der Waals surface area contributed by atoms with Crippen LogP contribution in [0.1, 0.15) is 65.7 Å². The topological polar surface area (TPSA) is 44.0 Å². The van der Waals surface area contributed by atoms with Crippen LogP contribution in [0.4, 0.5) is 0 Å². The smallest absolute Gasteiger partial charge is 0.0883 e. The van der Waals surface area contributed by atoms with Crippen LogP contribution in [0.2, 0.25) is 0 Å². The van der Waals surface area contributed by atoms with E-state index in [-0.39, 0.29) is 5.41 Å². The molecule has 2 heteroatoms. The van der Waals surface area contributed by atoms with Crippen LogP contribution in [0.25, 0.3) is 0 Å². The summed E-state index contributed by atoms with van der Waals surface area (Å²) in [6, 6.07) is 2.53. The average Bonchev–Trinajstić information content (AvgIpc) is 2.83. The summed E-state index contributed by atoms with van der Waals surface area (Å²) in [5, 5.41) is 20.8. The highest BCUT2D eigenvalue weighted by Gasteiger charge is 2.62. The number of aliphatic hydroxyl groups is 1. The van der Waals surface area contributed by atoms with Gasteiger partial charge in [0.15, 0.2) is 0 Å². The summed E-state index contributed by atoms with van der Waals surface area (Å²) >= 11 is 0. The molecular weight excluding hydrogens is 210 g/mol. The first kappa shape index (κ1) is 12.9. The summed E-state index contributed by atoms with van der Waals surface area (Å²) in [5.41, 5.74) is -1.35. The Morgan fingerprint density at radius 2 is 2.00 bits per heavy atom. The van der Waals surface area contributed by atoms with Gasteiger partial charge in [-0.1, -0.05) is 27.2 Å². The Labute approximate surface area is 105 Å². The van der Waals surface area contributed by atoms with Gasteiger partial charge in [0, 0.05) is 0 Å². The number of hydrogen-bond donors (Lipinski definition) is 1. The minimum Gasteiger partial charge on any atom is -0.388 e. The predicted octanol–water partition coefficient (Wildman–Crippen LogP) is 3.65. The molecule has 0 radical (unpaired) electrons. The molecule has 0 aromatic rings. The second-order valence-corrected chi connectivity index (χ2v) is 6.81. The lowest BCUT2D eigenvalue weighted by molar-refractivity contribution is -0.120. The van der Waals surface area contributed by atoms with Crippen LogP contribution in [-0.4, -0.2) is 10.7 Å². The zero-order chi connectivity index (χ0) is 12.7. The molecule has 3 unspecified atom stereocenters. The average molecular weight is 235 g/mol. The molecule has 0 spiro atoms. The molecule has 2 fully saturated rings. The molecule has 1 N–H and O–H groups in total. The van der Waals surface area contributed by atoms with Crippen LogP contribution in [0, 0.1) is 28.1 Å². The molecule has 3 atom stereocenters. The molecule has 0 aliphatic heterocycles. The molecule has 17 heavy (non-hydrogen) atoms. The molecule has 0 saturated heterocycles. The fourth-order valence-electron chi connectivity index (χ4n) is 4.28. The highest BCUT2D eigenvalue weighted by molar-refractivity contribution is 5.20. The van der Waals surface area contributed by atoms with Gasteiger partial charge in [0.25, 0.3) is 0 Å². The second-order valence-electron chi connectivity index (χ2n) is 6.81. The van der Waals surface area contributed by atoms with E-state index in [0.29, 0.717) is 5.92 Å². The van der Waals surface area contributed by atoms with Crippen molar-refractivity contribution in [1.82, 2.24) is 0 Å². The summed E-state index contributed by atoms with van der Waals surface area (Å²) in [7, 11) is 0. The van der Waals surface area contributed by atoms with Gasteiger partial charge in [0.2, 0.25) is 0 Å². The fourth-order valence-corrected chi connectivity index (χ4v) is 4.28. The van der Waals surface area contributed by atoms with Gasteiger partial charge in [-0.05, 0) is 49.9 Å². The van der Waals surface area contributed by atoms with Gasteiger partial charge >= 0.3 is 0 Å². The van der Waals surface area contributed by atoms with E-state index in [9.17, 15) is 10.4 Å². The zero-order valence-electron chi connectivity index (χ0n) is 11.4. The third-order valence-corrected chi connectivity index (χ3v) is 5.66. The summed E-state index contributed by atoms with van der Waals surface area (Å²) in [4.78, 5) is 0. The molecule has 2 aliphatic carbocycles. The van der Waals surface area contributed by atoms with Gasteiger partial charge < -0.3 is 5.11 Å². The van der Waals surface area contributed by atoms with Crippen molar-refractivity contribution in [3.63, 3.8) is 0 Å². The standard InChI is InChI=1S/C15H25NO/c1-4-12-6-9-14(10-12,11-16)15(17)8-5-7-13(15,2)3/h12,17H,4-10H2,1-3H3. The molecule has 0 bridgehead atoms. The minimum absolute atomic E-state index is 0.106. The Balaban J connectivity index is 2.34. The van der Waals surface area contributed by atoms with Gasteiger partial charge in [-0.3, -0.25) is 0 Å². The van der Waals surface area contributed by atoms with E-state index in [1.165, 1.54) is 0 Å². The number of hydrogen-bond acceptors (Lipinski definition) is 2. The highest BCUT2D eigenvalue weighted by atomic mass is 16.3. The monoisotopic (exact) mass is 235 g/mol. The molecular formula is C15H25NO. The molecule has 2 rings (SSSR count). The van der Waals surface area contributed by atoms with Crippen molar-refractivity contribution < 1.29 is 5.11 Å². The Bertz CT molecular complexity index is 343. The Kier molecular flexibility index (Phi) is 3.02. The summed E-state index contributed by atoms with van der Waals surface area (Å²) in [6.07, 6.45) is 6.96. The van der Waals surface area contributed by atoms with Crippen LogP contribution in [-0.2, 0) is 0 Å². The maximum Gasteiger partial charge on any atom is 0.0883 e. The van der Waals surface area contributed by atoms with E-state index in [1.807, 2.05) is 0 Å². The van der Waals surface area contributed by atoms with E-state index in [4.69, 9.17) is 0 Å². The molecule has 2 saturated carbocycles. The maximum absolute atomic E-state index is 11.2. The van der Waals surface area contributed by atoms with Crippen molar-refractivity contribution in [1.29, 1.82) is 5.26 Å². The Hall–Kier alpha value is -0.550. The SMILES string of the molecule is CCC1CCC(C#N)(C2(O)CCCC2(C)C)C1. The van der Waals surface area contributed by atoms with E-state index in [1.54, 1.807) is 0 Å². The Morgan fingerprint density at radius 1 is 1.29 bits per heavy atom. The van der Waals surface area contributed by atoms with Crippen molar-refractivity contribution in [2.75, 3.05) is 0 Å². The minimum atomic E-state index is -0.765. The third kappa shape index (κ3) is 1.63. The van der Waals surface area contributed by atoms with E-state index in [2.05, 4.69) is 26.8 Å². The van der Waals surface area contributed by atoms with E-state index in [0.717, 1.165) is 44.9 Å². The molecule has 2 aliphatic rings. The van der Waals surface area contributed by atoms with Crippen molar-refractivity contribution in [2.24, 2.45) is 16.7 Å². The first-order valence-electron chi connectivity index (χ1n) is 7.04. The van der Waals surface area contributed by atoms with Crippen molar-refractivity contribution in [3.05, 3.63) is 0 Å². The van der Waals surface area contributed by atoms with Gasteiger partial charge in [0.05, 0.1) is 17.1 Å². The van der Waals surface area contributed by atoms with Crippen molar-refractivity contribution in [2.45, 2.75) is 71.3 Å². The van der Waals surface area contributed by atoms with Crippen LogP contribution < -0.4 is 0 Å². The lowest BCUT2D eigenvalue weighted by Gasteiger charge is -2.47. The van der Waals surface area contributed by atoms with Crippen LogP contribution >= 0.6 is 0 Å². The fraction of sp³-hybridized carbons (Fsp3) is 0.933. The quantitative estimate of drug-likeness (QED) is 0.794. The summed E-state index contributed by atoms with van der Waals surface area (Å²) in [6.45, 7) is 6.47. The van der Waals surface area contributed by atoms with Gasteiger partial charge in [-0.15, -0.1) is 0 Å². The predicted molar refractivity (Wildman–Crippen MR) is 68.3 cm³/mol. The zero-order valence-corrected chi connectivity index (χ0v) is 11.4. The highest BCUT2D eigenvalue weighted by Crippen LogP contribution is 2.61. The van der Waals surface area contributed by atoms with E-state index >= 15 is 0 Å². The molecule has 0 heterocycles. The molecule has 2 nitrogen and oxygen atoms in total. The number of nitriles is 1. The molecule has 0 aromatic carbocycles. The van der Waals surface area contributed by atoms with Crippen LogP contribution in [0.15, 0.2) is 0 Å². The van der Waals surface area contributed by atoms with Crippen molar-refractivity contribution in [3.8, 4) is 6.07 Å². The molecule has 96 valence electrons. The second kappa shape index (κ2) is 3.99. The number of rotatable bonds is 2. The van der Waals surface area contributed by atoms with E-state index < -0.39 is 11.0 Å².